The molecule has 26 heavy (non-hydrogen) atoms. The Hall–Kier alpha value is -3.08. The van der Waals surface area contributed by atoms with Gasteiger partial charge in [0.15, 0.2) is 6.61 Å². The van der Waals surface area contributed by atoms with Crippen LogP contribution in [-0.4, -0.2) is 24.1 Å². The van der Waals surface area contributed by atoms with E-state index >= 15 is 0 Å². The van der Waals surface area contributed by atoms with Crippen molar-refractivity contribution >= 4 is 22.5 Å². The third-order valence-electron chi connectivity index (χ3n) is 3.86. The first-order valence-corrected chi connectivity index (χ1v) is 8.67. The minimum absolute atomic E-state index is 0.0566. The zero-order valence-corrected chi connectivity index (χ0v) is 15.0. The molecule has 0 unspecified atom stereocenters. The first-order chi connectivity index (χ1) is 12.7. The van der Waals surface area contributed by atoms with Crippen LogP contribution in [0.2, 0.25) is 0 Å². The van der Waals surface area contributed by atoms with Gasteiger partial charge in [-0.25, -0.2) is 0 Å². The van der Waals surface area contributed by atoms with Gasteiger partial charge in [-0.2, -0.15) is 0 Å². The van der Waals surface area contributed by atoms with Crippen LogP contribution in [0.3, 0.4) is 0 Å². The summed E-state index contributed by atoms with van der Waals surface area (Å²) in [6.45, 7) is 4.63. The van der Waals surface area contributed by atoms with Crippen LogP contribution >= 0.6 is 0 Å². The van der Waals surface area contributed by atoms with Gasteiger partial charge in [-0.3, -0.25) is 9.78 Å². The van der Waals surface area contributed by atoms with Crippen LogP contribution in [-0.2, 0) is 4.79 Å². The van der Waals surface area contributed by atoms with Crippen molar-refractivity contribution in [3.63, 3.8) is 0 Å². The Kier molecular flexibility index (Phi) is 5.69. The molecule has 1 N–H and O–H groups in total. The standard InChI is InChI=1S/C21H22N2O3/c1-3-13-25-19-11-10-18(17-5-4-12-22-21(17)19)23-20(24)14-26-16-8-6-15(2)7-9-16/h4-12H,3,13-14H2,1-2H3,(H,23,24). The monoisotopic (exact) mass is 350 g/mol. The first kappa shape index (κ1) is 17.7. The van der Waals surface area contributed by atoms with Crippen molar-refractivity contribution < 1.29 is 14.3 Å². The zero-order chi connectivity index (χ0) is 18.4. The van der Waals surface area contributed by atoms with Crippen molar-refractivity contribution in [2.45, 2.75) is 20.3 Å². The van der Waals surface area contributed by atoms with Crippen molar-refractivity contribution in [3.8, 4) is 11.5 Å². The molecular weight excluding hydrogens is 328 g/mol. The SMILES string of the molecule is CCCOc1ccc(NC(=O)COc2ccc(C)cc2)c2cccnc12. The van der Waals surface area contributed by atoms with Gasteiger partial charge in [-0.1, -0.05) is 24.6 Å². The second-order valence-corrected chi connectivity index (χ2v) is 6.01. The maximum atomic E-state index is 12.3. The predicted molar refractivity (Wildman–Crippen MR) is 103 cm³/mol. The molecule has 0 aliphatic carbocycles. The second kappa shape index (κ2) is 8.34. The number of benzene rings is 2. The summed E-state index contributed by atoms with van der Waals surface area (Å²) < 4.78 is 11.3. The molecule has 0 aliphatic heterocycles. The molecule has 1 heterocycles. The average molecular weight is 350 g/mol. The van der Waals surface area contributed by atoms with Gasteiger partial charge < -0.3 is 14.8 Å². The van der Waals surface area contributed by atoms with E-state index in [1.165, 1.54) is 0 Å². The van der Waals surface area contributed by atoms with Crippen molar-refractivity contribution in [2.75, 3.05) is 18.5 Å². The van der Waals surface area contributed by atoms with Crippen LogP contribution in [0.15, 0.2) is 54.7 Å². The van der Waals surface area contributed by atoms with Crippen LogP contribution in [0, 0.1) is 6.92 Å². The molecule has 0 saturated carbocycles. The minimum atomic E-state index is -0.224. The van der Waals surface area contributed by atoms with Crippen molar-refractivity contribution in [3.05, 3.63) is 60.3 Å². The highest BCUT2D eigenvalue weighted by Crippen LogP contribution is 2.30. The largest absolute Gasteiger partial charge is 0.491 e. The Morgan fingerprint density at radius 2 is 1.88 bits per heavy atom. The molecule has 134 valence electrons. The van der Waals surface area contributed by atoms with E-state index < -0.39 is 0 Å². The van der Waals surface area contributed by atoms with Gasteiger partial charge in [-0.05, 0) is 49.7 Å². The smallest absolute Gasteiger partial charge is 0.262 e. The second-order valence-electron chi connectivity index (χ2n) is 6.01. The Morgan fingerprint density at radius 1 is 1.08 bits per heavy atom. The fraction of sp³-hybridized carbons (Fsp3) is 0.238. The molecule has 5 nitrogen and oxygen atoms in total. The number of nitrogens with zero attached hydrogens (tertiary/aromatic N) is 1. The quantitative estimate of drug-likeness (QED) is 0.688. The van der Waals surface area contributed by atoms with Crippen molar-refractivity contribution in [2.24, 2.45) is 0 Å². The summed E-state index contributed by atoms with van der Waals surface area (Å²) in [6.07, 6.45) is 2.64. The fourth-order valence-electron chi connectivity index (χ4n) is 2.55. The van der Waals surface area contributed by atoms with E-state index in [9.17, 15) is 4.79 Å². The molecule has 0 aliphatic rings. The Bertz CT molecular complexity index is 891. The number of aromatic nitrogens is 1. The number of carbonyl (C=O) groups is 1. The molecule has 0 spiro atoms. The van der Waals surface area contributed by atoms with Crippen molar-refractivity contribution in [1.82, 2.24) is 4.98 Å². The number of aryl methyl sites for hydroxylation is 1. The lowest BCUT2D eigenvalue weighted by Gasteiger charge is -2.12. The normalized spacial score (nSPS) is 10.5. The molecule has 3 aromatic rings. The molecule has 1 amide bonds. The van der Waals surface area contributed by atoms with Crippen LogP contribution < -0.4 is 14.8 Å². The molecule has 0 atom stereocenters. The topological polar surface area (TPSA) is 60.5 Å². The number of hydrogen-bond donors (Lipinski definition) is 1. The zero-order valence-electron chi connectivity index (χ0n) is 15.0. The molecule has 3 rings (SSSR count). The van der Waals surface area contributed by atoms with Gasteiger partial charge in [0.25, 0.3) is 5.91 Å². The average Bonchev–Trinajstić information content (AvgIpc) is 2.67. The number of fused-ring (bicyclic) bond motifs is 1. The summed E-state index contributed by atoms with van der Waals surface area (Å²) in [5.74, 6) is 1.16. The highest BCUT2D eigenvalue weighted by atomic mass is 16.5. The third kappa shape index (κ3) is 4.30. The number of nitrogens with one attached hydrogen (secondary N) is 1. The van der Waals surface area contributed by atoms with Crippen LogP contribution in [0.1, 0.15) is 18.9 Å². The lowest BCUT2D eigenvalue weighted by molar-refractivity contribution is -0.118. The Balaban J connectivity index is 1.71. The molecule has 0 bridgehead atoms. The van der Waals surface area contributed by atoms with Gasteiger partial charge in [0.1, 0.15) is 17.0 Å². The van der Waals surface area contributed by atoms with Crippen LogP contribution in [0.4, 0.5) is 5.69 Å². The number of carbonyl (C=O) groups excluding carboxylic acids is 1. The molecule has 0 radical (unpaired) electrons. The molecule has 1 aromatic heterocycles. The lowest BCUT2D eigenvalue weighted by atomic mass is 10.1. The van der Waals surface area contributed by atoms with Gasteiger partial charge in [0.2, 0.25) is 0 Å². The van der Waals surface area contributed by atoms with Gasteiger partial charge in [0.05, 0.1) is 12.3 Å². The summed E-state index contributed by atoms with van der Waals surface area (Å²) >= 11 is 0. The molecular formula is C21H22N2O3. The molecule has 5 heteroatoms. The number of hydrogen-bond acceptors (Lipinski definition) is 4. The van der Waals surface area contributed by atoms with Crippen molar-refractivity contribution in [1.29, 1.82) is 0 Å². The van der Waals surface area contributed by atoms with Crippen LogP contribution in [0.25, 0.3) is 10.9 Å². The third-order valence-corrected chi connectivity index (χ3v) is 3.86. The summed E-state index contributed by atoms with van der Waals surface area (Å²) in [5.41, 5.74) is 2.57. The van der Waals surface area contributed by atoms with E-state index in [4.69, 9.17) is 9.47 Å². The van der Waals surface area contributed by atoms with E-state index in [2.05, 4.69) is 17.2 Å². The number of amides is 1. The fourth-order valence-corrected chi connectivity index (χ4v) is 2.55. The van der Waals surface area contributed by atoms with E-state index in [0.29, 0.717) is 18.0 Å². The first-order valence-electron chi connectivity index (χ1n) is 8.67. The highest BCUT2D eigenvalue weighted by molar-refractivity contribution is 6.03. The maximum Gasteiger partial charge on any atom is 0.262 e. The summed E-state index contributed by atoms with van der Waals surface area (Å²) in [5, 5.41) is 3.73. The van der Waals surface area contributed by atoms with Crippen LogP contribution in [0.5, 0.6) is 11.5 Å². The predicted octanol–water partition coefficient (Wildman–Crippen LogP) is 4.35. The van der Waals surface area contributed by atoms with E-state index in [1.54, 1.807) is 6.20 Å². The Labute approximate surface area is 153 Å². The van der Waals surface area contributed by atoms with Gasteiger partial charge in [0, 0.05) is 11.6 Å². The summed E-state index contributed by atoms with van der Waals surface area (Å²) in [6, 6.07) is 15.0. The molecule has 0 fully saturated rings. The molecule has 0 saturated heterocycles. The van der Waals surface area contributed by atoms with E-state index in [-0.39, 0.29) is 12.5 Å². The lowest BCUT2D eigenvalue weighted by Crippen LogP contribution is -2.20. The molecule has 2 aromatic carbocycles. The minimum Gasteiger partial charge on any atom is -0.491 e. The maximum absolute atomic E-state index is 12.3. The number of anilines is 1. The highest BCUT2D eigenvalue weighted by Gasteiger charge is 2.11. The number of rotatable bonds is 7. The Morgan fingerprint density at radius 3 is 2.65 bits per heavy atom. The number of pyridine rings is 1. The van der Waals surface area contributed by atoms with E-state index in [1.807, 2.05) is 55.5 Å². The van der Waals surface area contributed by atoms with E-state index in [0.717, 1.165) is 28.6 Å². The number of ether oxygens (including phenoxy) is 2. The summed E-state index contributed by atoms with van der Waals surface area (Å²) in [4.78, 5) is 16.7. The van der Waals surface area contributed by atoms with Gasteiger partial charge in [-0.15, -0.1) is 0 Å². The van der Waals surface area contributed by atoms with Gasteiger partial charge >= 0.3 is 0 Å². The summed E-state index contributed by atoms with van der Waals surface area (Å²) in [7, 11) is 0.